The molecule has 0 unspecified atom stereocenters. The van der Waals surface area contributed by atoms with Crippen molar-refractivity contribution < 1.29 is 14.5 Å². The molecule has 7 heteroatoms. The van der Waals surface area contributed by atoms with Crippen LogP contribution in [0, 0.1) is 10.1 Å². The van der Waals surface area contributed by atoms with Crippen molar-refractivity contribution in [1.82, 2.24) is 0 Å². The number of hydrogen-bond acceptors (Lipinski definition) is 4. The lowest BCUT2D eigenvalue weighted by atomic mass is 9.96. The molecule has 0 radical (unpaired) electrons. The van der Waals surface area contributed by atoms with E-state index in [0.717, 1.165) is 31.4 Å². The van der Waals surface area contributed by atoms with E-state index in [2.05, 4.69) is 0 Å². The van der Waals surface area contributed by atoms with Crippen molar-refractivity contribution in [2.24, 2.45) is 0 Å². The second-order valence-electron chi connectivity index (χ2n) is 4.00. The third kappa shape index (κ3) is 2.57. The van der Waals surface area contributed by atoms with Crippen molar-refractivity contribution in [3.05, 3.63) is 37.9 Å². The van der Waals surface area contributed by atoms with Gasteiger partial charge in [-0.2, -0.15) is 0 Å². The lowest BCUT2D eigenvalue weighted by Crippen LogP contribution is -2.25. The number of esters is 1. The maximum absolute atomic E-state index is 11.8. The summed E-state index contributed by atoms with van der Waals surface area (Å²) in [6, 6.07) is 2.18. The van der Waals surface area contributed by atoms with Gasteiger partial charge in [-0.05, 0) is 19.3 Å². The van der Waals surface area contributed by atoms with E-state index in [9.17, 15) is 14.9 Å². The van der Waals surface area contributed by atoms with Gasteiger partial charge in [0, 0.05) is 12.1 Å². The van der Waals surface area contributed by atoms with Crippen LogP contribution in [0.15, 0.2) is 12.1 Å². The molecule has 0 spiro atoms. The van der Waals surface area contributed by atoms with E-state index in [1.165, 1.54) is 0 Å². The van der Waals surface area contributed by atoms with Gasteiger partial charge in [0.25, 0.3) is 5.69 Å². The Morgan fingerprint density at radius 3 is 2.56 bits per heavy atom. The average molecular weight is 290 g/mol. The number of halogens is 2. The molecule has 5 nitrogen and oxygen atoms in total. The number of rotatable bonds is 3. The van der Waals surface area contributed by atoms with Crippen LogP contribution in [0.1, 0.15) is 29.6 Å². The normalized spacial score (nSPS) is 15.0. The summed E-state index contributed by atoms with van der Waals surface area (Å²) in [6.07, 6.45) is 2.52. The minimum atomic E-state index is -0.671. The summed E-state index contributed by atoms with van der Waals surface area (Å²) < 4.78 is 5.14. The van der Waals surface area contributed by atoms with Crippen molar-refractivity contribution in [3.63, 3.8) is 0 Å². The van der Waals surface area contributed by atoms with Gasteiger partial charge in [0.15, 0.2) is 0 Å². The Bertz CT molecular complexity index is 514. The molecule has 0 aromatic heterocycles. The first kappa shape index (κ1) is 13.1. The highest BCUT2D eigenvalue weighted by Gasteiger charge is 2.26. The van der Waals surface area contributed by atoms with Crippen molar-refractivity contribution >= 4 is 34.9 Å². The molecule has 1 fully saturated rings. The molecule has 0 amide bonds. The fraction of sp³-hybridized carbons (Fsp3) is 0.364. The summed E-state index contributed by atoms with van der Waals surface area (Å²) in [5.74, 6) is -0.671. The summed E-state index contributed by atoms with van der Waals surface area (Å²) >= 11 is 11.6. The van der Waals surface area contributed by atoms with Gasteiger partial charge < -0.3 is 4.74 Å². The SMILES string of the molecule is O=C(OC1CCC1)c1cc([N+](=O)[O-])cc(Cl)c1Cl. The molecule has 0 N–H and O–H groups in total. The lowest BCUT2D eigenvalue weighted by molar-refractivity contribution is -0.384. The van der Waals surface area contributed by atoms with Gasteiger partial charge in [0.1, 0.15) is 6.10 Å². The average Bonchev–Trinajstić information content (AvgIpc) is 2.26. The van der Waals surface area contributed by atoms with Gasteiger partial charge in [-0.25, -0.2) is 4.79 Å². The van der Waals surface area contributed by atoms with E-state index >= 15 is 0 Å². The zero-order valence-electron chi connectivity index (χ0n) is 9.19. The van der Waals surface area contributed by atoms with Gasteiger partial charge in [0.2, 0.25) is 0 Å². The summed E-state index contributed by atoms with van der Waals surface area (Å²) in [7, 11) is 0. The molecule has 0 heterocycles. The molecule has 1 saturated carbocycles. The summed E-state index contributed by atoms with van der Waals surface area (Å²) in [5.41, 5.74) is -0.354. The van der Waals surface area contributed by atoms with Crippen molar-refractivity contribution in [2.45, 2.75) is 25.4 Å². The van der Waals surface area contributed by atoms with Gasteiger partial charge >= 0.3 is 5.97 Å². The molecule has 1 aromatic carbocycles. The van der Waals surface area contributed by atoms with Crippen LogP contribution in [0.4, 0.5) is 5.69 Å². The van der Waals surface area contributed by atoms with E-state index in [1.807, 2.05) is 0 Å². The Hall–Kier alpha value is -1.33. The first-order valence-corrected chi connectivity index (χ1v) is 6.09. The van der Waals surface area contributed by atoms with Crippen LogP contribution in [0.25, 0.3) is 0 Å². The lowest BCUT2D eigenvalue weighted by Gasteiger charge is -2.25. The van der Waals surface area contributed by atoms with Crippen LogP contribution in [-0.4, -0.2) is 17.0 Å². The Morgan fingerprint density at radius 1 is 1.39 bits per heavy atom. The van der Waals surface area contributed by atoms with Gasteiger partial charge in [-0.15, -0.1) is 0 Å². The first-order chi connectivity index (χ1) is 8.49. The highest BCUT2D eigenvalue weighted by Crippen LogP contribution is 2.32. The number of benzene rings is 1. The van der Waals surface area contributed by atoms with Crippen molar-refractivity contribution in [3.8, 4) is 0 Å². The van der Waals surface area contributed by atoms with E-state index < -0.39 is 10.9 Å². The molecule has 1 aliphatic rings. The number of nitro benzene ring substituents is 1. The van der Waals surface area contributed by atoms with Gasteiger partial charge in [0.05, 0.1) is 20.5 Å². The second kappa shape index (κ2) is 5.12. The maximum Gasteiger partial charge on any atom is 0.340 e. The highest BCUT2D eigenvalue weighted by molar-refractivity contribution is 6.43. The molecule has 96 valence electrons. The fourth-order valence-electron chi connectivity index (χ4n) is 1.53. The number of carbonyl (C=O) groups excluding carboxylic acids is 1. The van der Waals surface area contributed by atoms with Crippen molar-refractivity contribution in [2.75, 3.05) is 0 Å². The van der Waals surface area contributed by atoms with Crippen LogP contribution < -0.4 is 0 Å². The van der Waals surface area contributed by atoms with E-state index in [0.29, 0.717) is 0 Å². The molecular formula is C11H9Cl2NO4. The molecule has 0 saturated heterocycles. The molecule has 2 rings (SSSR count). The number of nitro groups is 1. The minimum Gasteiger partial charge on any atom is -0.459 e. The van der Waals surface area contributed by atoms with E-state index in [1.54, 1.807) is 0 Å². The monoisotopic (exact) mass is 289 g/mol. The van der Waals surface area contributed by atoms with Crippen LogP contribution >= 0.6 is 23.2 Å². The minimum absolute atomic E-state index is 0.0217. The van der Waals surface area contributed by atoms with Gasteiger partial charge in [-0.3, -0.25) is 10.1 Å². The van der Waals surface area contributed by atoms with Gasteiger partial charge in [-0.1, -0.05) is 23.2 Å². The highest BCUT2D eigenvalue weighted by atomic mass is 35.5. The summed E-state index contributed by atoms with van der Waals surface area (Å²) in [6.45, 7) is 0. The third-order valence-electron chi connectivity index (χ3n) is 2.77. The number of carbonyl (C=O) groups is 1. The molecule has 18 heavy (non-hydrogen) atoms. The Labute approximate surface area is 113 Å². The smallest absolute Gasteiger partial charge is 0.340 e. The molecule has 0 atom stereocenters. The molecule has 1 aliphatic carbocycles. The molecule has 0 aliphatic heterocycles. The standard InChI is InChI=1S/C11H9Cl2NO4/c12-9-5-6(14(16)17)4-8(10(9)13)11(15)18-7-2-1-3-7/h4-5,7H,1-3H2. The predicted molar refractivity (Wildman–Crippen MR) is 66.2 cm³/mol. The molecule has 0 bridgehead atoms. The maximum atomic E-state index is 11.8. The number of non-ortho nitro benzene ring substituents is 1. The van der Waals surface area contributed by atoms with Crippen LogP contribution in [0.5, 0.6) is 0 Å². The second-order valence-corrected chi connectivity index (χ2v) is 4.79. The molecular weight excluding hydrogens is 281 g/mol. The van der Waals surface area contributed by atoms with Crippen molar-refractivity contribution in [1.29, 1.82) is 0 Å². The predicted octanol–water partition coefficient (Wildman–Crippen LogP) is 3.61. The Balaban J connectivity index is 2.29. The largest absolute Gasteiger partial charge is 0.459 e. The van der Waals surface area contributed by atoms with E-state index in [-0.39, 0.29) is 27.4 Å². The topological polar surface area (TPSA) is 69.4 Å². The van der Waals surface area contributed by atoms with Crippen LogP contribution in [0.2, 0.25) is 10.0 Å². The van der Waals surface area contributed by atoms with E-state index in [4.69, 9.17) is 27.9 Å². The van der Waals surface area contributed by atoms with Crippen LogP contribution in [0.3, 0.4) is 0 Å². The third-order valence-corrected chi connectivity index (χ3v) is 3.57. The first-order valence-electron chi connectivity index (χ1n) is 5.33. The zero-order chi connectivity index (χ0) is 13.3. The summed E-state index contributed by atoms with van der Waals surface area (Å²) in [4.78, 5) is 21.9. The fourth-order valence-corrected chi connectivity index (χ4v) is 1.93. The Morgan fingerprint density at radius 2 is 2.06 bits per heavy atom. The summed E-state index contributed by atoms with van der Waals surface area (Å²) in [5, 5.41) is 10.6. The quantitative estimate of drug-likeness (QED) is 0.484. The number of nitrogens with zero attached hydrogens (tertiary/aromatic N) is 1. The van der Waals surface area contributed by atoms with Crippen LogP contribution in [-0.2, 0) is 4.74 Å². The Kier molecular flexibility index (Phi) is 3.73. The zero-order valence-corrected chi connectivity index (χ0v) is 10.7. The number of hydrogen-bond donors (Lipinski definition) is 0. The number of ether oxygens (including phenoxy) is 1. The molecule has 1 aromatic rings.